The number of benzene rings is 3. The Balaban J connectivity index is 1.43. The number of furan rings is 1. The van der Waals surface area contributed by atoms with Gasteiger partial charge < -0.3 is 19.0 Å². The maximum Gasteiger partial charge on any atom is 0.335 e. The molecule has 0 fully saturated rings. The average molecular weight is 537 g/mol. The lowest BCUT2D eigenvalue weighted by molar-refractivity contribution is 0.0696. The number of ether oxygens (including phenoxy) is 2. The normalized spacial score (nSPS) is 11.0. The van der Waals surface area contributed by atoms with Gasteiger partial charge in [-0.15, -0.1) is 0 Å². The molecule has 0 spiro atoms. The van der Waals surface area contributed by atoms with Gasteiger partial charge in [0.2, 0.25) is 0 Å². The lowest BCUT2D eigenvalue weighted by atomic mass is 10.1. The van der Waals surface area contributed by atoms with Crippen molar-refractivity contribution in [3.63, 3.8) is 0 Å². The van der Waals surface area contributed by atoms with Crippen molar-refractivity contribution in [2.24, 2.45) is 5.10 Å². The van der Waals surface area contributed by atoms with E-state index in [1.807, 2.05) is 19.1 Å². The Kier molecular flexibility index (Phi) is 7.47. The zero-order valence-corrected chi connectivity index (χ0v) is 20.2. The first-order valence-electron chi connectivity index (χ1n) is 10.7. The Morgan fingerprint density at radius 3 is 2.60 bits per heavy atom. The molecule has 1 aromatic heterocycles. The van der Waals surface area contributed by atoms with Crippen LogP contribution in [0.1, 0.15) is 39.0 Å². The number of rotatable bonds is 9. The molecule has 0 unspecified atom stereocenters. The SMILES string of the molecule is CCOc1ccc2oc(C(=O)N/N=C/c3cc(Br)ccc3OCc3ccc(C(=O)O)cc3)cc2c1. The fraction of sp³-hybridized carbons (Fsp3) is 0.115. The molecule has 35 heavy (non-hydrogen) atoms. The van der Waals surface area contributed by atoms with Crippen LogP contribution in [0, 0.1) is 0 Å². The number of hydrogen-bond acceptors (Lipinski definition) is 6. The molecule has 1 heterocycles. The summed E-state index contributed by atoms with van der Waals surface area (Å²) in [4.78, 5) is 23.5. The third kappa shape index (κ3) is 6.07. The van der Waals surface area contributed by atoms with Crippen molar-refractivity contribution in [3.05, 3.63) is 93.7 Å². The van der Waals surface area contributed by atoms with Crippen LogP contribution in [0.25, 0.3) is 11.0 Å². The molecule has 8 nitrogen and oxygen atoms in total. The van der Waals surface area contributed by atoms with Crippen LogP contribution in [-0.2, 0) is 6.61 Å². The minimum Gasteiger partial charge on any atom is -0.494 e. The predicted octanol–water partition coefficient (Wildman–Crippen LogP) is 5.64. The summed E-state index contributed by atoms with van der Waals surface area (Å²) >= 11 is 3.42. The number of nitrogens with zero attached hydrogens (tertiary/aromatic N) is 1. The second kappa shape index (κ2) is 10.9. The number of halogens is 1. The van der Waals surface area contributed by atoms with E-state index in [1.54, 1.807) is 42.5 Å². The number of aromatic carboxylic acids is 1. The topological polar surface area (TPSA) is 110 Å². The van der Waals surface area contributed by atoms with Gasteiger partial charge in [-0.1, -0.05) is 28.1 Å². The van der Waals surface area contributed by atoms with Crippen LogP contribution in [-0.4, -0.2) is 29.8 Å². The minimum absolute atomic E-state index is 0.126. The zero-order chi connectivity index (χ0) is 24.8. The minimum atomic E-state index is -0.983. The van der Waals surface area contributed by atoms with E-state index in [0.29, 0.717) is 29.3 Å². The molecule has 1 amide bonds. The molecule has 2 N–H and O–H groups in total. The molecule has 0 aliphatic rings. The Morgan fingerprint density at radius 2 is 1.86 bits per heavy atom. The molecule has 0 radical (unpaired) electrons. The van der Waals surface area contributed by atoms with Gasteiger partial charge in [0.15, 0.2) is 5.76 Å². The van der Waals surface area contributed by atoms with Crippen LogP contribution in [0.2, 0.25) is 0 Å². The van der Waals surface area contributed by atoms with Gasteiger partial charge in [0.05, 0.1) is 18.4 Å². The van der Waals surface area contributed by atoms with E-state index >= 15 is 0 Å². The largest absolute Gasteiger partial charge is 0.494 e. The van der Waals surface area contributed by atoms with E-state index in [-0.39, 0.29) is 17.9 Å². The molecular weight excluding hydrogens is 516 g/mol. The Bertz CT molecular complexity index is 1390. The summed E-state index contributed by atoms with van der Waals surface area (Å²) in [5.41, 5.74) is 4.69. The molecule has 9 heteroatoms. The van der Waals surface area contributed by atoms with Crippen LogP contribution >= 0.6 is 15.9 Å². The maximum atomic E-state index is 12.5. The van der Waals surface area contributed by atoms with Crippen molar-refractivity contribution < 1.29 is 28.6 Å². The van der Waals surface area contributed by atoms with Crippen LogP contribution < -0.4 is 14.9 Å². The van der Waals surface area contributed by atoms with Gasteiger partial charge >= 0.3 is 11.9 Å². The second-order valence-electron chi connectivity index (χ2n) is 7.42. The highest BCUT2D eigenvalue weighted by molar-refractivity contribution is 9.10. The van der Waals surface area contributed by atoms with Crippen molar-refractivity contribution in [3.8, 4) is 11.5 Å². The van der Waals surface area contributed by atoms with E-state index in [4.69, 9.17) is 19.0 Å². The molecule has 3 aromatic carbocycles. The average Bonchev–Trinajstić information content (AvgIpc) is 3.27. The summed E-state index contributed by atoms with van der Waals surface area (Å²) in [5, 5.41) is 13.8. The quantitative estimate of drug-likeness (QED) is 0.211. The molecule has 0 bridgehead atoms. The van der Waals surface area contributed by atoms with Crippen LogP contribution in [0.5, 0.6) is 11.5 Å². The highest BCUT2D eigenvalue weighted by Gasteiger charge is 2.12. The van der Waals surface area contributed by atoms with Gasteiger partial charge in [0.25, 0.3) is 0 Å². The fourth-order valence-electron chi connectivity index (χ4n) is 3.26. The molecule has 0 aliphatic heterocycles. The summed E-state index contributed by atoms with van der Waals surface area (Å²) in [6.45, 7) is 2.68. The predicted molar refractivity (Wildman–Crippen MR) is 134 cm³/mol. The Labute approximate surface area is 209 Å². The lowest BCUT2D eigenvalue weighted by Crippen LogP contribution is -2.16. The van der Waals surface area contributed by atoms with Gasteiger partial charge in [-0.05, 0) is 67.1 Å². The number of carbonyl (C=O) groups excluding carboxylic acids is 1. The fourth-order valence-corrected chi connectivity index (χ4v) is 3.64. The maximum absolute atomic E-state index is 12.5. The number of carboxylic acid groups (broad SMARTS) is 1. The lowest BCUT2D eigenvalue weighted by Gasteiger charge is -2.10. The number of hydrazone groups is 1. The first kappa shape index (κ1) is 24.0. The third-order valence-electron chi connectivity index (χ3n) is 4.96. The molecule has 0 saturated carbocycles. The molecular formula is C26H21BrN2O6. The van der Waals surface area contributed by atoms with Gasteiger partial charge in [0.1, 0.15) is 23.7 Å². The Hall–Kier alpha value is -4.11. The monoisotopic (exact) mass is 536 g/mol. The molecule has 4 rings (SSSR count). The number of hydrogen-bond donors (Lipinski definition) is 2. The first-order chi connectivity index (χ1) is 16.9. The highest BCUT2D eigenvalue weighted by Crippen LogP contribution is 2.25. The van der Waals surface area contributed by atoms with Crippen LogP contribution in [0.15, 0.2) is 80.7 Å². The molecule has 0 atom stereocenters. The van der Waals surface area contributed by atoms with Crippen LogP contribution in [0.3, 0.4) is 0 Å². The Morgan fingerprint density at radius 1 is 1.06 bits per heavy atom. The van der Waals surface area contributed by atoms with Gasteiger partial charge in [0, 0.05) is 15.4 Å². The summed E-state index contributed by atoms with van der Waals surface area (Å²) in [6.07, 6.45) is 1.47. The molecule has 0 saturated heterocycles. The van der Waals surface area contributed by atoms with Crippen molar-refractivity contribution in [2.75, 3.05) is 6.61 Å². The van der Waals surface area contributed by atoms with E-state index in [9.17, 15) is 9.59 Å². The van der Waals surface area contributed by atoms with Crippen molar-refractivity contribution in [2.45, 2.75) is 13.5 Å². The van der Waals surface area contributed by atoms with Gasteiger partial charge in [-0.25, -0.2) is 10.2 Å². The molecule has 0 aliphatic carbocycles. The van der Waals surface area contributed by atoms with Crippen molar-refractivity contribution >= 4 is 45.0 Å². The van der Waals surface area contributed by atoms with Gasteiger partial charge in [-0.3, -0.25) is 4.79 Å². The number of nitrogens with one attached hydrogen (secondary N) is 1. The summed E-state index contributed by atoms with van der Waals surface area (Å²) in [6, 6.07) is 18.8. The number of carboxylic acids is 1. The van der Waals surface area contributed by atoms with E-state index in [2.05, 4.69) is 26.5 Å². The zero-order valence-electron chi connectivity index (χ0n) is 18.7. The standard InChI is InChI=1S/C26H21BrN2O6/c1-2-33-21-8-10-23-18(12-21)13-24(35-23)25(30)29-28-14-19-11-20(27)7-9-22(19)34-15-16-3-5-17(6-4-16)26(31)32/h3-14H,2,15H2,1H3,(H,29,30)(H,31,32)/b28-14+. The molecule has 4 aromatic rings. The van der Waals surface area contributed by atoms with E-state index in [0.717, 1.165) is 15.4 Å². The van der Waals surface area contributed by atoms with Crippen molar-refractivity contribution in [1.29, 1.82) is 0 Å². The number of amides is 1. The van der Waals surface area contributed by atoms with Gasteiger partial charge in [-0.2, -0.15) is 5.10 Å². The van der Waals surface area contributed by atoms with Crippen molar-refractivity contribution in [1.82, 2.24) is 5.43 Å². The second-order valence-corrected chi connectivity index (χ2v) is 8.33. The summed E-state index contributed by atoms with van der Waals surface area (Å²) < 4.78 is 17.8. The smallest absolute Gasteiger partial charge is 0.335 e. The highest BCUT2D eigenvalue weighted by atomic mass is 79.9. The first-order valence-corrected chi connectivity index (χ1v) is 11.5. The van der Waals surface area contributed by atoms with E-state index < -0.39 is 11.9 Å². The van der Waals surface area contributed by atoms with Crippen LogP contribution in [0.4, 0.5) is 0 Å². The van der Waals surface area contributed by atoms with E-state index in [1.165, 1.54) is 18.3 Å². The molecule has 178 valence electrons. The summed E-state index contributed by atoms with van der Waals surface area (Å²) in [7, 11) is 0. The third-order valence-corrected chi connectivity index (χ3v) is 5.45. The number of carbonyl (C=O) groups is 2. The number of fused-ring (bicyclic) bond motifs is 1. The summed E-state index contributed by atoms with van der Waals surface area (Å²) in [5.74, 6) is -0.108.